The summed E-state index contributed by atoms with van der Waals surface area (Å²) < 4.78 is -1.69. The van der Waals surface area contributed by atoms with Crippen LogP contribution >= 0.6 is 0 Å². The zero-order valence-corrected chi connectivity index (χ0v) is 25.5. The first-order valence-electron chi connectivity index (χ1n) is 14.2. The van der Waals surface area contributed by atoms with Crippen molar-refractivity contribution in [2.24, 2.45) is 0 Å². The number of carbonyl (C=O) groups excluding carboxylic acids is 6. The van der Waals surface area contributed by atoms with Crippen molar-refractivity contribution in [1.82, 2.24) is 15.0 Å². The van der Waals surface area contributed by atoms with E-state index >= 15 is 0 Å². The van der Waals surface area contributed by atoms with Crippen LogP contribution in [0.4, 0.5) is 9.59 Å². The second kappa shape index (κ2) is 18.0. The SMILES string of the molecule is CCCN(OC)C(=O)[N+](CC=O)(C(=O)C=Cc1ccccc1)C(=O)CN(C(=O)C=Cc1ccccc1)C(=O)N(CC)OCC. The molecule has 1 unspecified atom stereocenters. The van der Waals surface area contributed by atoms with E-state index in [1.165, 1.54) is 19.3 Å². The van der Waals surface area contributed by atoms with Gasteiger partial charge in [0, 0.05) is 18.7 Å². The Balaban J connectivity index is 2.65. The first-order valence-corrected chi connectivity index (χ1v) is 14.2. The molecule has 2 rings (SSSR count). The van der Waals surface area contributed by atoms with Gasteiger partial charge in [0.05, 0.1) is 20.3 Å². The van der Waals surface area contributed by atoms with Crippen molar-refractivity contribution < 1.29 is 42.9 Å². The molecule has 0 aromatic heterocycles. The first-order chi connectivity index (χ1) is 21.2. The van der Waals surface area contributed by atoms with Crippen molar-refractivity contribution >= 4 is 48.2 Å². The molecule has 12 heteroatoms. The van der Waals surface area contributed by atoms with Gasteiger partial charge in [0.25, 0.3) is 5.91 Å². The molecular weight excluding hydrogens is 568 g/mol. The molecule has 0 spiro atoms. The van der Waals surface area contributed by atoms with Gasteiger partial charge in [-0.25, -0.2) is 29.1 Å². The molecule has 0 aliphatic heterocycles. The number of benzene rings is 2. The van der Waals surface area contributed by atoms with Crippen LogP contribution in [0.3, 0.4) is 0 Å². The Kier molecular flexibility index (Phi) is 14.5. The van der Waals surface area contributed by atoms with E-state index in [0.717, 1.165) is 22.3 Å². The quantitative estimate of drug-likeness (QED) is 0.136. The van der Waals surface area contributed by atoms with Crippen LogP contribution < -0.4 is 0 Å². The maximum Gasteiger partial charge on any atom is 0.458 e. The van der Waals surface area contributed by atoms with Crippen molar-refractivity contribution in [3.05, 3.63) is 83.9 Å². The third kappa shape index (κ3) is 9.11. The zero-order valence-electron chi connectivity index (χ0n) is 25.5. The lowest BCUT2D eigenvalue weighted by molar-refractivity contribution is -0.691. The third-order valence-corrected chi connectivity index (χ3v) is 6.35. The van der Waals surface area contributed by atoms with Gasteiger partial charge in [-0.05, 0) is 43.5 Å². The van der Waals surface area contributed by atoms with E-state index < -0.39 is 47.4 Å². The number of hydrogen-bond acceptors (Lipinski definition) is 8. The number of urea groups is 2. The summed E-state index contributed by atoms with van der Waals surface area (Å²) in [7, 11) is 1.19. The molecule has 0 fully saturated rings. The fourth-order valence-corrected chi connectivity index (χ4v) is 4.11. The summed E-state index contributed by atoms with van der Waals surface area (Å²) in [5.41, 5.74) is 1.24. The minimum Gasteiger partial charge on any atom is -0.297 e. The van der Waals surface area contributed by atoms with Gasteiger partial charge < -0.3 is 0 Å². The molecule has 0 aliphatic carbocycles. The van der Waals surface area contributed by atoms with Crippen LogP contribution in [0.15, 0.2) is 72.8 Å². The predicted molar refractivity (Wildman–Crippen MR) is 163 cm³/mol. The molecule has 44 heavy (non-hydrogen) atoms. The van der Waals surface area contributed by atoms with Crippen molar-refractivity contribution in [3.63, 3.8) is 0 Å². The summed E-state index contributed by atoms with van der Waals surface area (Å²) >= 11 is 0. The van der Waals surface area contributed by atoms with E-state index in [2.05, 4.69) is 0 Å². The van der Waals surface area contributed by atoms with Crippen LogP contribution in [0.5, 0.6) is 0 Å². The molecule has 1 atom stereocenters. The molecule has 0 heterocycles. The van der Waals surface area contributed by atoms with Gasteiger partial charge in [0.2, 0.25) is 0 Å². The van der Waals surface area contributed by atoms with Crippen LogP contribution in [0, 0.1) is 0 Å². The average Bonchev–Trinajstić information content (AvgIpc) is 3.05. The van der Waals surface area contributed by atoms with Crippen LogP contribution in [-0.2, 0) is 28.9 Å². The fraction of sp³-hybridized carbons (Fsp3) is 0.312. The van der Waals surface area contributed by atoms with E-state index in [1.807, 2.05) is 0 Å². The number of carbonyl (C=O) groups is 6. The summed E-state index contributed by atoms with van der Waals surface area (Å²) in [6.45, 7) is 3.15. The number of hydroxylamine groups is 4. The van der Waals surface area contributed by atoms with Crippen LogP contribution in [0.2, 0.25) is 0 Å². The monoisotopic (exact) mass is 607 g/mol. The van der Waals surface area contributed by atoms with E-state index in [9.17, 15) is 28.8 Å². The maximum absolute atomic E-state index is 14.2. The molecule has 0 saturated heterocycles. The normalized spacial score (nSPS) is 12.5. The molecule has 0 aliphatic rings. The number of imide groups is 4. The molecule has 2 aromatic carbocycles. The maximum atomic E-state index is 14.2. The predicted octanol–water partition coefficient (Wildman–Crippen LogP) is 4.10. The van der Waals surface area contributed by atoms with Crippen molar-refractivity contribution in [1.29, 1.82) is 0 Å². The van der Waals surface area contributed by atoms with Gasteiger partial charge in [-0.2, -0.15) is 5.06 Å². The summed E-state index contributed by atoms with van der Waals surface area (Å²) in [4.78, 5) is 91.9. The van der Waals surface area contributed by atoms with Gasteiger partial charge in [-0.3, -0.25) is 19.3 Å². The highest BCUT2D eigenvalue weighted by atomic mass is 16.7. The van der Waals surface area contributed by atoms with Gasteiger partial charge in [-0.1, -0.05) is 67.6 Å². The number of aldehydes is 1. The van der Waals surface area contributed by atoms with E-state index in [4.69, 9.17) is 9.68 Å². The first kappa shape index (κ1) is 35.4. The second-order valence-electron chi connectivity index (χ2n) is 9.27. The lowest BCUT2D eigenvalue weighted by atomic mass is 10.2. The minimum absolute atomic E-state index is 0.00745. The molecule has 0 saturated carbocycles. The van der Waals surface area contributed by atoms with Gasteiger partial charge in [0.1, 0.15) is 6.54 Å². The summed E-state index contributed by atoms with van der Waals surface area (Å²) in [5.74, 6) is -3.18. The van der Waals surface area contributed by atoms with E-state index in [1.54, 1.807) is 81.4 Å². The number of quaternary nitrogens is 1. The van der Waals surface area contributed by atoms with Gasteiger partial charge in [0.15, 0.2) is 12.8 Å². The summed E-state index contributed by atoms with van der Waals surface area (Å²) in [5, 5.41) is 1.69. The molecule has 0 bridgehead atoms. The van der Waals surface area contributed by atoms with Crippen molar-refractivity contribution in [3.8, 4) is 0 Å². The molecule has 12 nitrogen and oxygen atoms in total. The Morgan fingerprint density at radius 1 is 0.818 bits per heavy atom. The molecule has 0 N–H and O–H groups in total. The standard InChI is InChI=1S/C32H39N4O8/c1-5-22-35(43-4)32(42)36(23-24-37,29(39)21-19-27-16-12-9-13-17-27)30(40)25-33(31(41)34(6-2)44-7-3)28(38)20-18-26-14-10-8-11-15-26/h8-21,24H,5-7,22-23,25H2,1-4H3/q+1. The lowest BCUT2D eigenvalue weighted by Gasteiger charge is -2.33. The smallest absolute Gasteiger partial charge is 0.297 e. The number of rotatable bonds is 14. The number of hydrogen-bond donors (Lipinski definition) is 0. The van der Waals surface area contributed by atoms with Crippen molar-refractivity contribution in [2.45, 2.75) is 27.2 Å². The highest BCUT2D eigenvalue weighted by Crippen LogP contribution is 2.19. The average molecular weight is 608 g/mol. The number of amides is 7. The third-order valence-electron chi connectivity index (χ3n) is 6.35. The van der Waals surface area contributed by atoms with E-state index in [-0.39, 0.29) is 26.0 Å². The number of nitrogens with zero attached hydrogens (tertiary/aromatic N) is 4. The Hall–Kier alpha value is -4.78. The lowest BCUT2D eigenvalue weighted by Crippen LogP contribution is -2.67. The van der Waals surface area contributed by atoms with Gasteiger partial charge >= 0.3 is 23.9 Å². The molecule has 0 radical (unpaired) electrons. The Morgan fingerprint density at radius 2 is 1.39 bits per heavy atom. The fourth-order valence-electron chi connectivity index (χ4n) is 4.11. The summed E-state index contributed by atoms with van der Waals surface area (Å²) in [6, 6.07) is 15.3. The highest BCUT2D eigenvalue weighted by Gasteiger charge is 2.54. The largest absolute Gasteiger partial charge is 0.458 e. The topological polar surface area (TPSA) is 131 Å². The molecule has 234 valence electrons. The Labute approximate surface area is 257 Å². The van der Waals surface area contributed by atoms with Crippen LogP contribution in [-0.4, -0.2) is 95.5 Å². The second-order valence-corrected chi connectivity index (χ2v) is 9.27. The Morgan fingerprint density at radius 3 is 1.86 bits per heavy atom. The van der Waals surface area contributed by atoms with E-state index in [0.29, 0.717) is 22.4 Å². The Bertz CT molecular complexity index is 1350. The zero-order chi connectivity index (χ0) is 32.5. The van der Waals surface area contributed by atoms with Gasteiger partial charge in [-0.15, -0.1) is 4.48 Å². The molecular formula is C32H39N4O8+. The molecule has 7 amide bonds. The molecule has 2 aromatic rings. The summed E-state index contributed by atoms with van der Waals surface area (Å²) in [6.07, 6.45) is 5.59. The minimum atomic E-state index is -1.69. The van der Waals surface area contributed by atoms with Crippen molar-refractivity contribution in [2.75, 3.05) is 39.9 Å². The highest BCUT2D eigenvalue weighted by molar-refractivity contribution is 6.08. The van der Waals surface area contributed by atoms with Crippen LogP contribution in [0.25, 0.3) is 12.2 Å². The van der Waals surface area contributed by atoms with Crippen LogP contribution in [0.1, 0.15) is 38.3 Å².